The molecule has 1 atom stereocenters. The number of hydrogen-bond acceptors (Lipinski definition) is 4. The average molecular weight is 426 g/mol. The van der Waals surface area contributed by atoms with Crippen molar-refractivity contribution in [2.24, 2.45) is 0 Å². The third kappa shape index (κ3) is 3.78. The summed E-state index contributed by atoms with van der Waals surface area (Å²) >= 11 is 0. The first kappa shape index (κ1) is 20.6. The van der Waals surface area contributed by atoms with Crippen LogP contribution in [0.2, 0.25) is 0 Å². The lowest BCUT2D eigenvalue weighted by Gasteiger charge is -2.15. The van der Waals surface area contributed by atoms with E-state index in [4.69, 9.17) is 4.74 Å². The number of halogens is 1. The topological polar surface area (TPSA) is 104 Å². The summed E-state index contributed by atoms with van der Waals surface area (Å²) in [5.41, 5.74) is 3.79. The summed E-state index contributed by atoms with van der Waals surface area (Å²) in [4.78, 5) is 41.7. The highest BCUT2D eigenvalue weighted by atomic mass is 19.1. The number of benzene rings is 1. The van der Waals surface area contributed by atoms with Crippen molar-refractivity contribution in [2.75, 3.05) is 25.5 Å². The fourth-order valence-corrected chi connectivity index (χ4v) is 4.14. The van der Waals surface area contributed by atoms with Crippen molar-refractivity contribution in [3.8, 4) is 0 Å². The van der Waals surface area contributed by atoms with Gasteiger partial charge in [-0.25, -0.2) is 9.18 Å². The number of anilines is 1. The summed E-state index contributed by atoms with van der Waals surface area (Å²) in [6.07, 6.45) is 1.86. The number of carbonyl (C=O) groups excluding carboxylic acids is 3. The van der Waals surface area contributed by atoms with E-state index in [-0.39, 0.29) is 17.9 Å². The van der Waals surface area contributed by atoms with Crippen LogP contribution < -0.4 is 10.6 Å². The third-order valence-electron chi connectivity index (χ3n) is 5.71. The molecule has 9 heteroatoms. The molecule has 1 aromatic carbocycles. The zero-order valence-electron chi connectivity index (χ0n) is 17.5. The number of ether oxygens (including phenoxy) is 1. The van der Waals surface area contributed by atoms with Gasteiger partial charge in [-0.15, -0.1) is 0 Å². The maximum Gasteiger partial charge on any atom is 0.409 e. The molecular formula is C22H23FN4O4. The average Bonchev–Trinajstić information content (AvgIpc) is 3.39. The first-order valence-electron chi connectivity index (χ1n) is 9.94. The molecule has 162 valence electrons. The summed E-state index contributed by atoms with van der Waals surface area (Å²) in [6, 6.07) is 3.95. The summed E-state index contributed by atoms with van der Waals surface area (Å²) in [7, 11) is 1.33. The fourth-order valence-electron chi connectivity index (χ4n) is 4.14. The highest BCUT2D eigenvalue weighted by molar-refractivity contribution is 6.34. The molecule has 0 aliphatic carbocycles. The van der Waals surface area contributed by atoms with E-state index in [1.807, 2.05) is 0 Å². The zero-order valence-corrected chi connectivity index (χ0v) is 17.5. The van der Waals surface area contributed by atoms with Gasteiger partial charge in [0.1, 0.15) is 5.82 Å². The van der Waals surface area contributed by atoms with E-state index in [1.165, 1.54) is 25.3 Å². The van der Waals surface area contributed by atoms with E-state index in [2.05, 4.69) is 15.6 Å². The zero-order chi connectivity index (χ0) is 22.3. The molecule has 0 bridgehead atoms. The molecule has 1 aromatic heterocycles. The molecule has 0 spiro atoms. The second-order valence-corrected chi connectivity index (χ2v) is 7.74. The first-order chi connectivity index (χ1) is 14.8. The fraction of sp³-hybridized carbons (Fsp3) is 0.318. The quantitative estimate of drug-likeness (QED) is 0.657. The highest BCUT2D eigenvalue weighted by Gasteiger charge is 2.30. The number of nitrogens with one attached hydrogen (secondary N) is 3. The van der Waals surface area contributed by atoms with Crippen molar-refractivity contribution >= 4 is 35.2 Å². The molecular weight excluding hydrogens is 403 g/mol. The van der Waals surface area contributed by atoms with Crippen molar-refractivity contribution < 1.29 is 23.5 Å². The maximum atomic E-state index is 13.7. The van der Waals surface area contributed by atoms with E-state index >= 15 is 0 Å². The van der Waals surface area contributed by atoms with Crippen LogP contribution in [-0.2, 0) is 9.53 Å². The lowest BCUT2D eigenvalue weighted by molar-refractivity contribution is -0.110. The van der Waals surface area contributed by atoms with Gasteiger partial charge < -0.3 is 25.3 Å². The van der Waals surface area contributed by atoms with Gasteiger partial charge in [0.2, 0.25) is 0 Å². The van der Waals surface area contributed by atoms with E-state index in [0.717, 1.165) is 0 Å². The Hall–Kier alpha value is -3.62. The molecule has 3 heterocycles. The van der Waals surface area contributed by atoms with Gasteiger partial charge in [-0.2, -0.15) is 0 Å². The summed E-state index contributed by atoms with van der Waals surface area (Å²) in [6.45, 7) is 4.48. The Morgan fingerprint density at radius 1 is 1.32 bits per heavy atom. The number of methoxy groups -OCH3 is 1. The van der Waals surface area contributed by atoms with Crippen molar-refractivity contribution in [3.63, 3.8) is 0 Å². The molecule has 0 saturated carbocycles. The van der Waals surface area contributed by atoms with Crippen LogP contribution in [-0.4, -0.2) is 54.0 Å². The Morgan fingerprint density at radius 2 is 2.10 bits per heavy atom. The number of aryl methyl sites for hydroxylation is 1. The normalized spacial score (nSPS) is 18.8. The van der Waals surface area contributed by atoms with Crippen LogP contribution in [0, 0.1) is 19.7 Å². The molecule has 3 amide bonds. The minimum atomic E-state index is -0.432. The van der Waals surface area contributed by atoms with E-state index in [9.17, 15) is 18.8 Å². The van der Waals surface area contributed by atoms with Gasteiger partial charge in [-0.05, 0) is 50.1 Å². The Kier molecular flexibility index (Phi) is 5.26. The lowest BCUT2D eigenvalue weighted by atomic mass is 10.0. The maximum absolute atomic E-state index is 13.7. The minimum Gasteiger partial charge on any atom is -0.453 e. The van der Waals surface area contributed by atoms with Gasteiger partial charge in [0, 0.05) is 41.8 Å². The second kappa shape index (κ2) is 7.90. The predicted molar refractivity (Wildman–Crippen MR) is 113 cm³/mol. The molecule has 4 rings (SSSR count). The van der Waals surface area contributed by atoms with Crippen LogP contribution >= 0.6 is 0 Å². The highest BCUT2D eigenvalue weighted by Crippen LogP contribution is 2.34. The number of fused-ring (bicyclic) bond motifs is 1. The number of hydrogen-bond donors (Lipinski definition) is 3. The third-order valence-corrected chi connectivity index (χ3v) is 5.71. The molecule has 2 aromatic rings. The van der Waals surface area contributed by atoms with Crippen molar-refractivity contribution in [2.45, 2.75) is 26.3 Å². The van der Waals surface area contributed by atoms with Crippen LogP contribution in [0.5, 0.6) is 0 Å². The van der Waals surface area contributed by atoms with Crippen LogP contribution in [0.25, 0.3) is 11.6 Å². The number of rotatable bonds is 3. The molecule has 31 heavy (non-hydrogen) atoms. The largest absolute Gasteiger partial charge is 0.453 e. The molecule has 0 radical (unpaired) electrons. The van der Waals surface area contributed by atoms with Gasteiger partial charge in [0.15, 0.2) is 0 Å². The van der Waals surface area contributed by atoms with Crippen molar-refractivity contribution in [1.29, 1.82) is 0 Å². The molecule has 2 aliphatic heterocycles. The van der Waals surface area contributed by atoms with Gasteiger partial charge in [-0.3, -0.25) is 9.59 Å². The molecule has 3 N–H and O–H groups in total. The van der Waals surface area contributed by atoms with Crippen LogP contribution in [0.3, 0.4) is 0 Å². The van der Waals surface area contributed by atoms with E-state index in [0.29, 0.717) is 58.8 Å². The van der Waals surface area contributed by atoms with Crippen LogP contribution in [0.1, 0.15) is 39.3 Å². The number of H-pyrrole nitrogens is 1. The Bertz CT molecular complexity index is 1120. The van der Waals surface area contributed by atoms with Crippen LogP contribution in [0.4, 0.5) is 14.9 Å². The molecule has 0 unspecified atom stereocenters. The molecule has 2 aliphatic rings. The first-order valence-corrected chi connectivity index (χ1v) is 9.94. The lowest BCUT2D eigenvalue weighted by Crippen LogP contribution is -2.38. The molecule has 8 nitrogen and oxygen atoms in total. The monoisotopic (exact) mass is 426 g/mol. The van der Waals surface area contributed by atoms with Gasteiger partial charge >= 0.3 is 6.09 Å². The number of amides is 3. The smallest absolute Gasteiger partial charge is 0.409 e. The van der Waals surface area contributed by atoms with Crippen molar-refractivity contribution in [3.05, 3.63) is 52.1 Å². The van der Waals surface area contributed by atoms with Crippen LogP contribution in [0.15, 0.2) is 18.2 Å². The Labute approximate surface area is 178 Å². The van der Waals surface area contributed by atoms with Gasteiger partial charge in [-0.1, -0.05) is 0 Å². The predicted octanol–water partition coefficient (Wildman–Crippen LogP) is 2.83. The number of carbonyl (C=O) groups is 3. The standard InChI is InChI=1S/C22H23FN4O4/c1-11-18(9-16-15-8-13(23)4-5-17(15)26-20(16)28)24-12(2)19(11)21(29)25-14-6-7-27(10-14)22(30)31-3/h4-5,8-9,14,24H,6-7,10H2,1-3H3,(H,25,29)(H,26,28)/b16-9-/t14-/m0/s1. The van der Waals surface area contributed by atoms with Crippen molar-refractivity contribution in [1.82, 2.24) is 15.2 Å². The number of aromatic nitrogens is 1. The van der Waals surface area contributed by atoms with E-state index < -0.39 is 11.9 Å². The number of nitrogens with zero attached hydrogens (tertiary/aromatic N) is 1. The number of aromatic amines is 1. The van der Waals surface area contributed by atoms with Gasteiger partial charge in [0.05, 0.1) is 18.2 Å². The van der Waals surface area contributed by atoms with Gasteiger partial charge in [0.25, 0.3) is 11.8 Å². The Balaban J connectivity index is 1.57. The minimum absolute atomic E-state index is 0.169. The summed E-state index contributed by atoms with van der Waals surface area (Å²) in [5, 5.41) is 5.68. The summed E-state index contributed by atoms with van der Waals surface area (Å²) < 4.78 is 18.4. The SMILES string of the molecule is COC(=O)N1CC[C@H](NC(=O)c2c(C)[nH]c(/C=C3\C(=O)Nc4ccc(F)cc43)c2C)C1. The second-order valence-electron chi connectivity index (χ2n) is 7.74. The number of likely N-dealkylation sites (tertiary alicyclic amines) is 1. The molecule has 1 fully saturated rings. The summed E-state index contributed by atoms with van der Waals surface area (Å²) in [5.74, 6) is -1.01. The van der Waals surface area contributed by atoms with E-state index in [1.54, 1.807) is 24.8 Å². The Morgan fingerprint density at radius 3 is 2.84 bits per heavy atom. The molecule has 1 saturated heterocycles.